The third-order valence-corrected chi connectivity index (χ3v) is 8.06. The molecule has 2 fully saturated rings. The monoisotopic (exact) mass is 454 g/mol. The molecule has 5 nitrogen and oxygen atoms in total. The highest BCUT2D eigenvalue weighted by Crippen LogP contribution is 2.47. The molecule has 1 aromatic heterocycles. The smallest absolute Gasteiger partial charge is 0.410 e. The van der Waals surface area contributed by atoms with Gasteiger partial charge in [0.15, 0.2) is 0 Å². The van der Waals surface area contributed by atoms with Crippen LogP contribution >= 0.6 is 0 Å². The number of hydrogen-bond acceptors (Lipinski definition) is 4. The molecule has 1 N–H and O–H groups in total. The maximum Gasteiger partial charge on any atom is 0.410 e. The van der Waals surface area contributed by atoms with Crippen molar-refractivity contribution in [2.75, 3.05) is 6.61 Å². The van der Waals surface area contributed by atoms with Crippen LogP contribution in [0.1, 0.15) is 60.4 Å². The van der Waals surface area contributed by atoms with Gasteiger partial charge in [-0.2, -0.15) is 0 Å². The second-order valence-electron chi connectivity index (χ2n) is 10.0. The molecule has 34 heavy (non-hydrogen) atoms. The number of hydrogen-bond donors (Lipinski definition) is 1. The number of nitrogens with zero attached hydrogens (tertiary/aromatic N) is 2. The first-order valence-corrected chi connectivity index (χ1v) is 12.3. The Bertz CT molecular complexity index is 1180. The number of fused-ring (bicyclic) bond motifs is 5. The molecule has 1 amide bonds. The van der Waals surface area contributed by atoms with Crippen molar-refractivity contribution < 1.29 is 14.6 Å². The third-order valence-electron chi connectivity index (χ3n) is 8.06. The van der Waals surface area contributed by atoms with Gasteiger partial charge >= 0.3 is 6.09 Å². The van der Waals surface area contributed by atoms with Crippen molar-refractivity contribution in [2.24, 2.45) is 0 Å². The van der Waals surface area contributed by atoms with Gasteiger partial charge in [0.25, 0.3) is 0 Å². The zero-order valence-electron chi connectivity index (χ0n) is 19.5. The minimum Gasteiger partial charge on any atom is -0.448 e. The van der Waals surface area contributed by atoms with E-state index in [0.29, 0.717) is 19.4 Å². The van der Waals surface area contributed by atoms with Gasteiger partial charge < -0.3 is 14.7 Å². The number of amides is 1. The number of aromatic nitrogens is 1. The largest absolute Gasteiger partial charge is 0.448 e. The van der Waals surface area contributed by atoms with Crippen molar-refractivity contribution in [3.05, 3.63) is 89.2 Å². The van der Waals surface area contributed by atoms with Gasteiger partial charge in [-0.1, -0.05) is 54.6 Å². The summed E-state index contributed by atoms with van der Waals surface area (Å²) in [6.07, 6.45) is 5.42. The molecule has 0 saturated carbocycles. The fraction of sp³-hybridized carbons (Fsp3) is 0.379. The topological polar surface area (TPSA) is 62.7 Å². The molecule has 2 saturated heterocycles. The molecule has 1 aliphatic carbocycles. The number of ether oxygens (including phenoxy) is 1. The van der Waals surface area contributed by atoms with Gasteiger partial charge in [-0.3, -0.25) is 4.98 Å². The molecule has 0 spiro atoms. The van der Waals surface area contributed by atoms with Gasteiger partial charge in [-0.15, -0.1) is 0 Å². The SMILES string of the molecule is Cc1ncccc1C1(O)CC2CCCC(C1)N2C(=O)OCC1c2ccccc2-c2ccccc21. The minimum absolute atomic E-state index is 0.0206. The molecule has 3 heterocycles. The lowest BCUT2D eigenvalue weighted by molar-refractivity contribution is -0.0895. The molecule has 3 aliphatic rings. The molecule has 2 aliphatic heterocycles. The summed E-state index contributed by atoms with van der Waals surface area (Å²) in [5.74, 6) is 0.0518. The summed E-state index contributed by atoms with van der Waals surface area (Å²) in [7, 11) is 0. The third kappa shape index (κ3) is 3.41. The van der Waals surface area contributed by atoms with Gasteiger partial charge in [0.05, 0.1) is 5.60 Å². The van der Waals surface area contributed by atoms with E-state index in [2.05, 4.69) is 53.5 Å². The number of rotatable bonds is 3. The van der Waals surface area contributed by atoms with E-state index in [1.807, 2.05) is 24.0 Å². The highest BCUT2D eigenvalue weighted by atomic mass is 16.6. The van der Waals surface area contributed by atoms with Crippen molar-refractivity contribution in [2.45, 2.75) is 62.6 Å². The summed E-state index contributed by atoms with van der Waals surface area (Å²) in [6, 6.07) is 20.6. The predicted octanol–water partition coefficient (Wildman–Crippen LogP) is 5.54. The number of carbonyl (C=O) groups is 1. The Hall–Kier alpha value is -3.18. The summed E-state index contributed by atoms with van der Waals surface area (Å²) in [4.78, 5) is 19.7. The van der Waals surface area contributed by atoms with E-state index in [0.717, 1.165) is 30.5 Å². The molecule has 2 bridgehead atoms. The van der Waals surface area contributed by atoms with Gasteiger partial charge in [-0.05, 0) is 54.5 Å². The average Bonchev–Trinajstić information content (AvgIpc) is 3.16. The van der Waals surface area contributed by atoms with E-state index in [-0.39, 0.29) is 24.1 Å². The first-order chi connectivity index (χ1) is 16.5. The molecule has 3 aromatic rings. The van der Waals surface area contributed by atoms with Crippen LogP contribution in [0.25, 0.3) is 11.1 Å². The van der Waals surface area contributed by atoms with Crippen LogP contribution in [0.5, 0.6) is 0 Å². The summed E-state index contributed by atoms with van der Waals surface area (Å²) in [6.45, 7) is 2.27. The van der Waals surface area contributed by atoms with Crippen LogP contribution in [0.15, 0.2) is 66.9 Å². The summed E-state index contributed by atoms with van der Waals surface area (Å²) < 4.78 is 6.01. The van der Waals surface area contributed by atoms with E-state index in [9.17, 15) is 9.90 Å². The highest BCUT2D eigenvalue weighted by Gasteiger charge is 2.49. The first kappa shape index (κ1) is 21.4. The van der Waals surface area contributed by atoms with E-state index in [4.69, 9.17) is 4.74 Å². The standard InChI is InChI=1S/C29H30N2O3/c1-19-27(14-7-15-30-19)29(33)16-20-8-6-9-21(17-29)31(20)28(32)34-18-26-24-12-4-2-10-22(24)23-11-3-5-13-25(23)26/h2-5,7,10-15,20-21,26,33H,6,8-9,16-18H2,1H3. The highest BCUT2D eigenvalue weighted by molar-refractivity contribution is 5.79. The zero-order valence-corrected chi connectivity index (χ0v) is 19.5. The Balaban J connectivity index is 1.21. The molecule has 5 heteroatoms. The van der Waals surface area contributed by atoms with Crippen LogP contribution in [0.2, 0.25) is 0 Å². The van der Waals surface area contributed by atoms with Gasteiger partial charge in [0, 0.05) is 48.3 Å². The van der Waals surface area contributed by atoms with Crippen molar-refractivity contribution in [3.63, 3.8) is 0 Å². The second-order valence-corrected chi connectivity index (χ2v) is 10.0. The van der Waals surface area contributed by atoms with E-state index in [1.54, 1.807) is 6.20 Å². The molecular formula is C29H30N2O3. The average molecular weight is 455 g/mol. The Morgan fingerprint density at radius 3 is 2.24 bits per heavy atom. The molecule has 0 radical (unpaired) electrons. The normalized spacial score (nSPS) is 25.5. The van der Waals surface area contributed by atoms with Crippen molar-refractivity contribution in [1.29, 1.82) is 0 Å². The van der Waals surface area contributed by atoms with Crippen LogP contribution in [-0.4, -0.2) is 39.8 Å². The zero-order chi connectivity index (χ0) is 23.3. The Labute approximate surface area is 200 Å². The maximum absolute atomic E-state index is 13.4. The van der Waals surface area contributed by atoms with Crippen molar-refractivity contribution in [1.82, 2.24) is 9.88 Å². The number of aliphatic hydroxyl groups is 1. The quantitative estimate of drug-likeness (QED) is 0.564. The molecule has 2 unspecified atom stereocenters. The number of aryl methyl sites for hydroxylation is 1. The summed E-state index contributed by atoms with van der Waals surface area (Å²) >= 11 is 0. The lowest BCUT2D eigenvalue weighted by Crippen LogP contribution is -2.59. The number of benzene rings is 2. The summed E-state index contributed by atoms with van der Waals surface area (Å²) in [5.41, 5.74) is 5.69. The Morgan fingerprint density at radius 2 is 1.62 bits per heavy atom. The number of piperidine rings is 2. The van der Waals surface area contributed by atoms with Crippen molar-refractivity contribution >= 4 is 6.09 Å². The maximum atomic E-state index is 13.4. The molecular weight excluding hydrogens is 424 g/mol. The molecule has 174 valence electrons. The van der Waals surface area contributed by atoms with Crippen LogP contribution in [0.4, 0.5) is 4.79 Å². The predicted molar refractivity (Wildman–Crippen MR) is 130 cm³/mol. The fourth-order valence-electron chi connectivity index (χ4n) is 6.59. The number of carbonyl (C=O) groups excluding carboxylic acids is 1. The Morgan fingerprint density at radius 1 is 1.00 bits per heavy atom. The molecule has 2 atom stereocenters. The van der Waals surface area contributed by atoms with Gasteiger partial charge in [0.1, 0.15) is 6.61 Å². The van der Waals surface area contributed by atoms with Crippen LogP contribution in [0.3, 0.4) is 0 Å². The lowest BCUT2D eigenvalue weighted by atomic mass is 9.72. The van der Waals surface area contributed by atoms with Crippen LogP contribution in [-0.2, 0) is 10.3 Å². The van der Waals surface area contributed by atoms with Gasteiger partial charge in [0.2, 0.25) is 0 Å². The van der Waals surface area contributed by atoms with Crippen LogP contribution in [0, 0.1) is 6.92 Å². The van der Waals surface area contributed by atoms with Gasteiger partial charge in [-0.25, -0.2) is 4.79 Å². The van der Waals surface area contributed by atoms with E-state index in [1.165, 1.54) is 22.3 Å². The van der Waals surface area contributed by atoms with E-state index >= 15 is 0 Å². The number of pyridine rings is 1. The fourth-order valence-corrected chi connectivity index (χ4v) is 6.59. The second kappa shape index (κ2) is 8.24. The summed E-state index contributed by atoms with van der Waals surface area (Å²) in [5, 5.41) is 11.6. The first-order valence-electron chi connectivity index (χ1n) is 12.3. The molecule has 6 rings (SSSR count). The molecule has 2 aromatic carbocycles. The van der Waals surface area contributed by atoms with E-state index < -0.39 is 5.60 Å². The van der Waals surface area contributed by atoms with Crippen LogP contribution < -0.4 is 0 Å². The lowest BCUT2D eigenvalue weighted by Gasteiger charge is -2.51. The Kier molecular flexibility index (Phi) is 5.18. The minimum atomic E-state index is -0.950. The van der Waals surface area contributed by atoms with Crippen molar-refractivity contribution in [3.8, 4) is 11.1 Å².